The zero-order chi connectivity index (χ0) is 13.3. The highest BCUT2D eigenvalue weighted by atomic mass is 35.5. The van der Waals surface area contributed by atoms with Crippen LogP contribution in [0.15, 0.2) is 18.7 Å². The van der Waals surface area contributed by atoms with Crippen molar-refractivity contribution in [2.45, 2.75) is 12.8 Å². The number of rotatable bonds is 5. The molecule has 19 heavy (non-hydrogen) atoms. The molecule has 2 heterocycles. The molecule has 8 heteroatoms. The second-order valence-corrected chi connectivity index (χ2v) is 5.05. The Labute approximate surface area is 114 Å². The van der Waals surface area contributed by atoms with Crippen molar-refractivity contribution in [1.82, 2.24) is 24.5 Å². The first kappa shape index (κ1) is 12.3. The van der Waals surface area contributed by atoms with Crippen molar-refractivity contribution in [3.05, 3.63) is 24.0 Å². The molecular formula is C11H13ClN6O. The number of aromatic nitrogens is 5. The van der Waals surface area contributed by atoms with Gasteiger partial charge >= 0.3 is 0 Å². The molecule has 0 radical (unpaired) electrons. The molecule has 0 amide bonds. The average Bonchev–Trinajstić information content (AvgIpc) is 2.98. The SMILES string of the molecule is OCC1(CNc2nc(Cl)nc(-n3ccnc3)n2)CC1. The molecule has 1 saturated carbocycles. The number of hydrogen-bond donors (Lipinski definition) is 2. The number of halogens is 1. The minimum absolute atomic E-state index is 0.0196. The number of aliphatic hydroxyl groups excluding tert-OH is 1. The van der Waals surface area contributed by atoms with Gasteiger partial charge in [0.15, 0.2) is 0 Å². The standard InChI is InChI=1S/C11H13ClN6O/c12-8-15-9(14-5-11(6-19)1-2-11)17-10(16-8)18-4-3-13-7-18/h3-4,7,19H,1-2,5-6H2,(H,14,15,16,17). The highest BCUT2D eigenvalue weighted by Crippen LogP contribution is 2.44. The second kappa shape index (κ2) is 4.75. The van der Waals surface area contributed by atoms with Crippen LogP contribution >= 0.6 is 11.6 Å². The lowest BCUT2D eigenvalue weighted by Gasteiger charge is -2.13. The zero-order valence-corrected chi connectivity index (χ0v) is 10.9. The van der Waals surface area contributed by atoms with Gasteiger partial charge in [-0.15, -0.1) is 0 Å². The lowest BCUT2D eigenvalue weighted by Crippen LogP contribution is -2.20. The van der Waals surface area contributed by atoms with Crippen LogP contribution in [0.1, 0.15) is 12.8 Å². The normalized spacial score (nSPS) is 16.3. The first-order valence-electron chi connectivity index (χ1n) is 5.95. The first-order valence-corrected chi connectivity index (χ1v) is 6.33. The van der Waals surface area contributed by atoms with Gasteiger partial charge in [0.1, 0.15) is 6.33 Å². The summed E-state index contributed by atoms with van der Waals surface area (Å²) in [6, 6.07) is 0. The molecule has 7 nitrogen and oxygen atoms in total. The van der Waals surface area contributed by atoms with Crippen molar-refractivity contribution in [2.24, 2.45) is 5.41 Å². The van der Waals surface area contributed by atoms with E-state index in [4.69, 9.17) is 11.6 Å². The molecule has 0 aromatic carbocycles. The molecule has 0 saturated heterocycles. The molecule has 0 atom stereocenters. The maximum Gasteiger partial charge on any atom is 0.241 e. The van der Waals surface area contributed by atoms with Crippen LogP contribution < -0.4 is 5.32 Å². The second-order valence-electron chi connectivity index (χ2n) is 4.71. The molecule has 1 aliphatic rings. The Bertz CT molecular complexity index is 569. The van der Waals surface area contributed by atoms with Crippen molar-refractivity contribution in [1.29, 1.82) is 0 Å². The molecule has 0 bridgehead atoms. The monoisotopic (exact) mass is 280 g/mol. The molecule has 100 valence electrons. The minimum Gasteiger partial charge on any atom is -0.396 e. The van der Waals surface area contributed by atoms with Crippen molar-refractivity contribution >= 4 is 17.5 Å². The van der Waals surface area contributed by atoms with E-state index in [-0.39, 0.29) is 17.3 Å². The maximum absolute atomic E-state index is 9.26. The lowest BCUT2D eigenvalue weighted by molar-refractivity contribution is 0.219. The lowest BCUT2D eigenvalue weighted by atomic mass is 10.1. The van der Waals surface area contributed by atoms with E-state index < -0.39 is 0 Å². The van der Waals surface area contributed by atoms with Crippen molar-refractivity contribution in [2.75, 3.05) is 18.5 Å². The quantitative estimate of drug-likeness (QED) is 0.846. The van der Waals surface area contributed by atoms with Gasteiger partial charge in [-0.1, -0.05) is 0 Å². The van der Waals surface area contributed by atoms with Gasteiger partial charge in [0.05, 0.1) is 6.61 Å². The highest BCUT2D eigenvalue weighted by molar-refractivity contribution is 6.28. The van der Waals surface area contributed by atoms with Gasteiger partial charge in [-0.2, -0.15) is 15.0 Å². The smallest absolute Gasteiger partial charge is 0.241 e. The van der Waals surface area contributed by atoms with Gasteiger partial charge in [0.2, 0.25) is 17.2 Å². The summed E-state index contributed by atoms with van der Waals surface area (Å²) in [5.41, 5.74) is -0.0196. The van der Waals surface area contributed by atoms with Crippen LogP contribution in [0.4, 0.5) is 5.95 Å². The number of imidazole rings is 1. The predicted octanol–water partition coefficient (Wildman–Crippen LogP) is 0.895. The van der Waals surface area contributed by atoms with Crippen molar-refractivity contribution in [3.63, 3.8) is 0 Å². The molecule has 2 N–H and O–H groups in total. The molecule has 2 aromatic rings. The Morgan fingerprint density at radius 3 is 2.84 bits per heavy atom. The van der Waals surface area contributed by atoms with Gasteiger partial charge in [0, 0.05) is 24.4 Å². The largest absolute Gasteiger partial charge is 0.396 e. The predicted molar refractivity (Wildman–Crippen MR) is 69.2 cm³/mol. The number of nitrogens with zero attached hydrogens (tertiary/aromatic N) is 5. The van der Waals surface area contributed by atoms with Crippen LogP contribution in [0.25, 0.3) is 5.95 Å². The summed E-state index contributed by atoms with van der Waals surface area (Å²) in [5.74, 6) is 0.817. The molecule has 0 unspecified atom stereocenters. The summed E-state index contributed by atoms with van der Waals surface area (Å²) < 4.78 is 1.65. The number of nitrogens with one attached hydrogen (secondary N) is 1. The van der Waals surface area contributed by atoms with Crippen LogP contribution in [-0.4, -0.2) is 42.8 Å². The Hall–Kier alpha value is -1.73. The van der Waals surface area contributed by atoms with E-state index in [1.54, 1.807) is 23.3 Å². The van der Waals surface area contributed by atoms with Crippen LogP contribution in [0.5, 0.6) is 0 Å². The van der Waals surface area contributed by atoms with E-state index in [1.165, 1.54) is 0 Å². The van der Waals surface area contributed by atoms with E-state index in [0.717, 1.165) is 12.8 Å². The molecule has 3 rings (SSSR count). The van der Waals surface area contributed by atoms with Crippen LogP contribution in [-0.2, 0) is 0 Å². The Kier molecular flexibility index (Phi) is 3.08. The Morgan fingerprint density at radius 1 is 1.37 bits per heavy atom. The number of aliphatic hydroxyl groups is 1. The van der Waals surface area contributed by atoms with Crippen molar-refractivity contribution < 1.29 is 5.11 Å². The van der Waals surface area contributed by atoms with Crippen molar-refractivity contribution in [3.8, 4) is 5.95 Å². The highest BCUT2D eigenvalue weighted by Gasteiger charge is 2.41. The summed E-state index contributed by atoms with van der Waals surface area (Å²) in [5, 5.41) is 12.5. The van der Waals surface area contributed by atoms with Crippen LogP contribution in [0, 0.1) is 5.41 Å². The molecule has 0 aliphatic heterocycles. The summed E-state index contributed by atoms with van der Waals surface area (Å²) in [7, 11) is 0. The third-order valence-electron chi connectivity index (χ3n) is 3.25. The van der Waals surface area contributed by atoms with E-state index in [9.17, 15) is 5.11 Å². The van der Waals surface area contributed by atoms with Gasteiger partial charge in [-0.05, 0) is 24.4 Å². The number of anilines is 1. The fourth-order valence-electron chi connectivity index (χ4n) is 1.75. The Morgan fingerprint density at radius 2 is 2.21 bits per heavy atom. The zero-order valence-electron chi connectivity index (χ0n) is 10.1. The van der Waals surface area contributed by atoms with E-state index >= 15 is 0 Å². The third-order valence-corrected chi connectivity index (χ3v) is 3.41. The topological polar surface area (TPSA) is 88.8 Å². The summed E-state index contributed by atoms with van der Waals surface area (Å²) >= 11 is 5.88. The fourth-order valence-corrected chi connectivity index (χ4v) is 1.90. The van der Waals surface area contributed by atoms with Gasteiger partial charge < -0.3 is 10.4 Å². The molecule has 0 spiro atoms. The maximum atomic E-state index is 9.26. The summed E-state index contributed by atoms with van der Waals surface area (Å²) in [6.45, 7) is 0.806. The van der Waals surface area contributed by atoms with E-state index in [0.29, 0.717) is 18.4 Å². The van der Waals surface area contributed by atoms with Crippen LogP contribution in [0.2, 0.25) is 5.28 Å². The molecular weight excluding hydrogens is 268 g/mol. The number of hydrogen-bond acceptors (Lipinski definition) is 6. The molecule has 1 aliphatic carbocycles. The fraction of sp³-hybridized carbons (Fsp3) is 0.455. The van der Waals surface area contributed by atoms with E-state index in [2.05, 4.69) is 25.3 Å². The molecule has 2 aromatic heterocycles. The first-order chi connectivity index (χ1) is 9.21. The van der Waals surface area contributed by atoms with Gasteiger partial charge in [-0.25, -0.2) is 4.98 Å². The summed E-state index contributed by atoms with van der Waals surface area (Å²) in [6.07, 6.45) is 6.99. The van der Waals surface area contributed by atoms with E-state index in [1.807, 2.05) is 0 Å². The third kappa shape index (κ3) is 2.66. The Balaban J connectivity index is 1.78. The van der Waals surface area contributed by atoms with Crippen LogP contribution in [0.3, 0.4) is 0 Å². The average molecular weight is 281 g/mol. The summed E-state index contributed by atoms with van der Waals surface area (Å²) in [4.78, 5) is 16.3. The van der Waals surface area contributed by atoms with Gasteiger partial charge in [0.25, 0.3) is 0 Å². The van der Waals surface area contributed by atoms with Gasteiger partial charge in [-0.3, -0.25) is 4.57 Å². The minimum atomic E-state index is -0.0196. The molecule has 1 fully saturated rings.